The molecule has 3 nitrogen and oxygen atoms in total. The molecule has 0 amide bonds. The average molecular weight is 221 g/mol. The summed E-state index contributed by atoms with van der Waals surface area (Å²) in [5.74, 6) is 0. The van der Waals surface area contributed by atoms with Gasteiger partial charge in [0.05, 0.1) is 10.3 Å². The van der Waals surface area contributed by atoms with Crippen LogP contribution in [0.1, 0.15) is 11.1 Å². The highest BCUT2D eigenvalue weighted by Gasteiger charge is 2.10. The van der Waals surface area contributed by atoms with Crippen molar-refractivity contribution in [2.45, 2.75) is 11.3 Å². The number of hydrogen-bond donors (Lipinski definition) is 0. The molecule has 0 saturated carbocycles. The van der Waals surface area contributed by atoms with E-state index in [0.717, 1.165) is 14.6 Å². The molecule has 0 aliphatic carbocycles. The van der Waals surface area contributed by atoms with Crippen molar-refractivity contribution >= 4 is 33.4 Å². The number of thioether (sulfide) groups is 1. The summed E-state index contributed by atoms with van der Waals surface area (Å²) in [7, 11) is 0. The number of aromatic nitrogens is 2. The molecule has 0 fully saturated rings. The minimum absolute atomic E-state index is 0.682. The second-order valence-corrected chi connectivity index (χ2v) is 4.82. The van der Waals surface area contributed by atoms with Crippen molar-refractivity contribution in [3.05, 3.63) is 17.3 Å². The van der Waals surface area contributed by atoms with E-state index in [1.807, 2.05) is 13.2 Å². The Hall–Kier alpha value is -1.12. The Labute approximate surface area is 89.8 Å². The van der Waals surface area contributed by atoms with Gasteiger partial charge in [-0.15, -0.1) is 11.3 Å². The van der Waals surface area contributed by atoms with Crippen LogP contribution in [0, 0.1) is 18.3 Å². The fraction of sp³-hybridized carbons (Fsp3) is 0.222. The minimum atomic E-state index is 0.682. The third kappa shape index (κ3) is 1.37. The molecule has 0 radical (unpaired) electrons. The molecule has 0 aromatic carbocycles. The number of nitriles is 1. The van der Waals surface area contributed by atoms with Gasteiger partial charge in [0, 0.05) is 6.20 Å². The number of aryl methyl sites for hydroxylation is 1. The molecular formula is C9H7N3S2. The number of thiazole rings is 1. The molecule has 5 heteroatoms. The lowest BCUT2D eigenvalue weighted by molar-refractivity contribution is 1.22. The lowest BCUT2D eigenvalue weighted by Gasteiger charge is -1.94. The van der Waals surface area contributed by atoms with E-state index in [9.17, 15) is 0 Å². The average Bonchev–Trinajstić information content (AvgIpc) is 2.60. The van der Waals surface area contributed by atoms with Gasteiger partial charge in [-0.3, -0.25) is 0 Å². The highest BCUT2D eigenvalue weighted by molar-refractivity contribution is 8.00. The molecule has 0 saturated heterocycles. The highest BCUT2D eigenvalue weighted by atomic mass is 32.2. The molecule has 0 atom stereocenters. The predicted octanol–water partition coefficient (Wildman–Crippen LogP) is 2.59. The molecule has 14 heavy (non-hydrogen) atoms. The SMILES string of the molecule is CSc1nc2ncc(C)c(C#N)c2s1. The standard InChI is InChI=1S/C9H7N3S2/c1-5-4-11-8-7(6(5)3-10)14-9(12-8)13-2/h4H,1-2H3. The fourth-order valence-electron chi connectivity index (χ4n) is 1.17. The first-order valence-electron chi connectivity index (χ1n) is 3.96. The van der Waals surface area contributed by atoms with Crippen LogP contribution in [-0.4, -0.2) is 16.2 Å². The summed E-state index contributed by atoms with van der Waals surface area (Å²) in [6.45, 7) is 1.89. The Balaban J connectivity index is 2.81. The maximum atomic E-state index is 8.99. The summed E-state index contributed by atoms with van der Waals surface area (Å²) in [5, 5.41) is 8.99. The van der Waals surface area contributed by atoms with Gasteiger partial charge >= 0.3 is 0 Å². The van der Waals surface area contributed by atoms with Crippen molar-refractivity contribution in [2.75, 3.05) is 6.26 Å². The van der Waals surface area contributed by atoms with Crippen molar-refractivity contribution < 1.29 is 0 Å². The first-order chi connectivity index (χ1) is 6.76. The van der Waals surface area contributed by atoms with Crippen molar-refractivity contribution in [2.24, 2.45) is 0 Å². The van der Waals surface area contributed by atoms with Crippen molar-refractivity contribution in [3.8, 4) is 6.07 Å². The second-order valence-electron chi connectivity index (χ2n) is 2.76. The molecule has 0 aliphatic rings. The van der Waals surface area contributed by atoms with E-state index in [0.29, 0.717) is 11.2 Å². The summed E-state index contributed by atoms with van der Waals surface area (Å²) in [4.78, 5) is 8.49. The third-order valence-electron chi connectivity index (χ3n) is 1.88. The van der Waals surface area contributed by atoms with Crippen LogP contribution in [0.25, 0.3) is 10.3 Å². The molecule has 0 bridgehead atoms. The van der Waals surface area contributed by atoms with Gasteiger partial charge in [-0.1, -0.05) is 11.8 Å². The van der Waals surface area contributed by atoms with E-state index >= 15 is 0 Å². The van der Waals surface area contributed by atoms with Crippen LogP contribution < -0.4 is 0 Å². The van der Waals surface area contributed by atoms with Gasteiger partial charge in [-0.05, 0) is 18.7 Å². The monoisotopic (exact) mass is 221 g/mol. The minimum Gasteiger partial charge on any atom is -0.235 e. The van der Waals surface area contributed by atoms with E-state index in [2.05, 4.69) is 16.0 Å². The summed E-state index contributed by atoms with van der Waals surface area (Å²) < 4.78 is 1.85. The largest absolute Gasteiger partial charge is 0.235 e. The van der Waals surface area contributed by atoms with Gasteiger partial charge in [0.25, 0.3) is 0 Å². The number of pyridine rings is 1. The van der Waals surface area contributed by atoms with Crippen LogP contribution in [0.3, 0.4) is 0 Å². The van der Waals surface area contributed by atoms with Crippen LogP contribution in [-0.2, 0) is 0 Å². The zero-order valence-electron chi connectivity index (χ0n) is 7.74. The number of fused-ring (bicyclic) bond motifs is 1. The Morgan fingerprint density at radius 3 is 3.00 bits per heavy atom. The Kier molecular flexibility index (Phi) is 2.40. The van der Waals surface area contributed by atoms with Gasteiger partial charge < -0.3 is 0 Å². The number of rotatable bonds is 1. The maximum absolute atomic E-state index is 8.99. The summed E-state index contributed by atoms with van der Waals surface area (Å²) in [6, 6.07) is 2.20. The molecular weight excluding hydrogens is 214 g/mol. The first kappa shape index (κ1) is 9.44. The quantitative estimate of drug-likeness (QED) is 0.694. The molecule has 2 aromatic heterocycles. The van der Waals surface area contributed by atoms with E-state index in [1.54, 1.807) is 18.0 Å². The molecule has 70 valence electrons. The lowest BCUT2D eigenvalue weighted by atomic mass is 10.2. The molecule has 2 rings (SSSR count). The number of nitrogens with zero attached hydrogens (tertiary/aromatic N) is 3. The Bertz CT molecular complexity index is 525. The molecule has 0 aliphatic heterocycles. The predicted molar refractivity (Wildman–Crippen MR) is 58.6 cm³/mol. The van der Waals surface area contributed by atoms with E-state index in [1.165, 1.54) is 11.3 Å². The smallest absolute Gasteiger partial charge is 0.172 e. The molecule has 0 spiro atoms. The Morgan fingerprint density at radius 2 is 2.36 bits per heavy atom. The zero-order chi connectivity index (χ0) is 10.1. The topological polar surface area (TPSA) is 49.6 Å². The van der Waals surface area contributed by atoms with Gasteiger partial charge in [-0.2, -0.15) is 5.26 Å². The highest BCUT2D eigenvalue weighted by Crippen LogP contribution is 2.30. The molecule has 2 aromatic rings. The van der Waals surface area contributed by atoms with Gasteiger partial charge in [0.15, 0.2) is 9.99 Å². The second kappa shape index (κ2) is 3.56. The van der Waals surface area contributed by atoms with Gasteiger partial charge in [0.2, 0.25) is 0 Å². The first-order valence-corrected chi connectivity index (χ1v) is 6.00. The Morgan fingerprint density at radius 1 is 1.57 bits per heavy atom. The van der Waals surface area contributed by atoms with Gasteiger partial charge in [0.1, 0.15) is 6.07 Å². The summed E-state index contributed by atoms with van der Waals surface area (Å²) in [6.07, 6.45) is 3.67. The van der Waals surface area contributed by atoms with E-state index < -0.39 is 0 Å². The van der Waals surface area contributed by atoms with E-state index in [4.69, 9.17) is 5.26 Å². The zero-order valence-corrected chi connectivity index (χ0v) is 9.37. The maximum Gasteiger partial charge on any atom is 0.172 e. The lowest BCUT2D eigenvalue weighted by Crippen LogP contribution is -1.85. The van der Waals surface area contributed by atoms with Crippen molar-refractivity contribution in [3.63, 3.8) is 0 Å². The van der Waals surface area contributed by atoms with Crippen LogP contribution in [0.2, 0.25) is 0 Å². The number of hydrogen-bond acceptors (Lipinski definition) is 5. The normalized spacial score (nSPS) is 10.4. The van der Waals surface area contributed by atoms with Crippen molar-refractivity contribution in [1.29, 1.82) is 5.26 Å². The summed E-state index contributed by atoms with van der Waals surface area (Å²) >= 11 is 3.11. The van der Waals surface area contributed by atoms with Crippen LogP contribution >= 0.6 is 23.1 Å². The third-order valence-corrected chi connectivity index (χ3v) is 3.93. The molecule has 2 heterocycles. The van der Waals surface area contributed by atoms with Gasteiger partial charge in [-0.25, -0.2) is 9.97 Å². The van der Waals surface area contributed by atoms with Crippen LogP contribution in [0.5, 0.6) is 0 Å². The summed E-state index contributed by atoms with van der Waals surface area (Å²) in [5.41, 5.74) is 2.30. The van der Waals surface area contributed by atoms with Crippen LogP contribution in [0.15, 0.2) is 10.5 Å². The van der Waals surface area contributed by atoms with Crippen LogP contribution in [0.4, 0.5) is 0 Å². The fourth-order valence-corrected chi connectivity index (χ4v) is 2.74. The van der Waals surface area contributed by atoms with Crippen molar-refractivity contribution in [1.82, 2.24) is 9.97 Å². The van der Waals surface area contributed by atoms with E-state index in [-0.39, 0.29) is 0 Å². The molecule has 0 N–H and O–H groups in total. The molecule has 0 unspecified atom stereocenters.